The van der Waals surface area contributed by atoms with Crippen LogP contribution in [0.15, 0.2) is 12.2 Å². The van der Waals surface area contributed by atoms with Crippen LogP contribution in [-0.2, 0) is 9.59 Å². The molecule has 1 amide bonds. The predicted octanol–water partition coefficient (Wildman–Crippen LogP) is 1.91. The van der Waals surface area contributed by atoms with Crippen molar-refractivity contribution in [2.45, 2.75) is 32.1 Å². The van der Waals surface area contributed by atoms with E-state index >= 15 is 0 Å². The van der Waals surface area contributed by atoms with E-state index in [-0.39, 0.29) is 23.7 Å². The molecule has 0 aromatic heterocycles. The van der Waals surface area contributed by atoms with Crippen molar-refractivity contribution >= 4 is 11.9 Å². The molecular formula is C15H21NO3. The minimum atomic E-state index is -0.801. The molecule has 4 atom stereocenters. The largest absolute Gasteiger partial charge is 0.481 e. The maximum absolute atomic E-state index is 12.7. The Hall–Kier alpha value is -1.32. The van der Waals surface area contributed by atoms with E-state index in [9.17, 15) is 14.7 Å². The van der Waals surface area contributed by atoms with Crippen LogP contribution < -0.4 is 0 Å². The SMILES string of the molecule is O=C(O)[C@@H]1[C@@H](C(=O)N2CCCCCC2)[C@H]2C=C[C@@H]1C2. The first kappa shape index (κ1) is 12.7. The summed E-state index contributed by atoms with van der Waals surface area (Å²) < 4.78 is 0. The van der Waals surface area contributed by atoms with E-state index in [1.807, 2.05) is 11.0 Å². The standard InChI is InChI=1S/C15H21NO3/c17-14(16-7-3-1-2-4-8-16)12-10-5-6-11(9-10)13(12)15(18)19/h5-6,10-13H,1-4,7-9H2,(H,18,19)/t10-,11+,12-,13-/m0/s1. The lowest BCUT2D eigenvalue weighted by molar-refractivity contribution is -0.151. The third-order valence-corrected chi connectivity index (χ3v) is 4.95. The number of allylic oxidation sites excluding steroid dienone is 2. The first-order valence-corrected chi connectivity index (χ1v) is 7.38. The number of carboxylic acids is 1. The number of likely N-dealkylation sites (tertiary alicyclic amines) is 1. The molecule has 1 N–H and O–H groups in total. The van der Waals surface area contributed by atoms with Crippen LogP contribution in [0.4, 0.5) is 0 Å². The fourth-order valence-corrected chi connectivity index (χ4v) is 4.00. The molecule has 2 fully saturated rings. The molecule has 1 saturated heterocycles. The van der Waals surface area contributed by atoms with E-state index in [1.54, 1.807) is 0 Å². The summed E-state index contributed by atoms with van der Waals surface area (Å²) in [6, 6.07) is 0. The Morgan fingerprint density at radius 2 is 1.53 bits per heavy atom. The molecule has 3 rings (SSSR count). The molecule has 104 valence electrons. The van der Waals surface area contributed by atoms with E-state index < -0.39 is 11.9 Å². The molecule has 0 aromatic rings. The Balaban J connectivity index is 1.78. The van der Waals surface area contributed by atoms with Gasteiger partial charge in [-0.25, -0.2) is 0 Å². The van der Waals surface area contributed by atoms with Gasteiger partial charge in [-0.15, -0.1) is 0 Å². The van der Waals surface area contributed by atoms with Gasteiger partial charge in [-0.3, -0.25) is 9.59 Å². The molecule has 19 heavy (non-hydrogen) atoms. The van der Waals surface area contributed by atoms with E-state index in [0.717, 1.165) is 32.4 Å². The van der Waals surface area contributed by atoms with Gasteiger partial charge < -0.3 is 10.0 Å². The molecule has 0 unspecified atom stereocenters. The monoisotopic (exact) mass is 263 g/mol. The van der Waals surface area contributed by atoms with Crippen molar-refractivity contribution in [3.05, 3.63) is 12.2 Å². The zero-order chi connectivity index (χ0) is 13.4. The molecule has 1 heterocycles. The molecule has 4 nitrogen and oxygen atoms in total. The average Bonchev–Trinajstić information content (AvgIpc) is 2.89. The summed E-state index contributed by atoms with van der Waals surface area (Å²) in [6.07, 6.45) is 9.38. The molecule has 3 aliphatic rings. The van der Waals surface area contributed by atoms with Gasteiger partial charge >= 0.3 is 5.97 Å². The van der Waals surface area contributed by atoms with Gasteiger partial charge in [0.15, 0.2) is 0 Å². The van der Waals surface area contributed by atoms with E-state index in [2.05, 4.69) is 6.08 Å². The molecule has 2 aliphatic carbocycles. The quantitative estimate of drug-likeness (QED) is 0.774. The number of carbonyl (C=O) groups is 2. The Kier molecular flexibility index (Phi) is 3.33. The molecular weight excluding hydrogens is 242 g/mol. The van der Waals surface area contributed by atoms with Gasteiger partial charge in [-0.2, -0.15) is 0 Å². The number of aliphatic carboxylic acids is 1. The predicted molar refractivity (Wildman–Crippen MR) is 70.4 cm³/mol. The molecule has 2 bridgehead atoms. The third kappa shape index (κ3) is 2.17. The number of nitrogens with zero attached hydrogens (tertiary/aromatic N) is 1. The van der Waals surface area contributed by atoms with E-state index in [1.165, 1.54) is 12.8 Å². The molecule has 4 heteroatoms. The Labute approximate surface area is 113 Å². The van der Waals surface area contributed by atoms with Crippen LogP contribution in [0.25, 0.3) is 0 Å². The second kappa shape index (κ2) is 4.99. The maximum Gasteiger partial charge on any atom is 0.307 e. The molecule has 1 aliphatic heterocycles. The fraction of sp³-hybridized carbons (Fsp3) is 0.733. The fourth-order valence-electron chi connectivity index (χ4n) is 4.00. The van der Waals surface area contributed by atoms with Crippen molar-refractivity contribution in [1.82, 2.24) is 4.90 Å². The van der Waals surface area contributed by atoms with Crippen LogP contribution in [0, 0.1) is 23.7 Å². The van der Waals surface area contributed by atoms with Gasteiger partial charge in [0.1, 0.15) is 0 Å². The maximum atomic E-state index is 12.7. The number of carbonyl (C=O) groups excluding carboxylic acids is 1. The number of amides is 1. The molecule has 0 radical (unpaired) electrons. The van der Waals surface area contributed by atoms with Gasteiger partial charge in [0, 0.05) is 13.1 Å². The van der Waals surface area contributed by atoms with Crippen LogP contribution in [-0.4, -0.2) is 35.0 Å². The molecule has 0 spiro atoms. The number of rotatable bonds is 2. The van der Waals surface area contributed by atoms with Crippen LogP contribution in [0.2, 0.25) is 0 Å². The Morgan fingerprint density at radius 1 is 0.947 bits per heavy atom. The summed E-state index contributed by atoms with van der Waals surface area (Å²) in [4.78, 5) is 26.1. The highest BCUT2D eigenvalue weighted by molar-refractivity contribution is 5.87. The van der Waals surface area contributed by atoms with Crippen molar-refractivity contribution in [2.75, 3.05) is 13.1 Å². The van der Waals surface area contributed by atoms with Crippen LogP contribution in [0.1, 0.15) is 32.1 Å². The highest BCUT2D eigenvalue weighted by atomic mass is 16.4. The van der Waals surface area contributed by atoms with Crippen LogP contribution in [0.3, 0.4) is 0 Å². The number of hydrogen-bond acceptors (Lipinski definition) is 2. The van der Waals surface area contributed by atoms with Crippen molar-refractivity contribution < 1.29 is 14.7 Å². The van der Waals surface area contributed by atoms with Crippen LogP contribution in [0.5, 0.6) is 0 Å². The summed E-state index contributed by atoms with van der Waals surface area (Å²) in [5, 5.41) is 9.40. The highest BCUT2D eigenvalue weighted by Gasteiger charge is 2.52. The topological polar surface area (TPSA) is 57.6 Å². The summed E-state index contributed by atoms with van der Waals surface area (Å²) in [5.74, 6) is -1.29. The molecule has 1 saturated carbocycles. The van der Waals surface area contributed by atoms with Crippen molar-refractivity contribution in [3.63, 3.8) is 0 Å². The highest BCUT2D eigenvalue weighted by Crippen LogP contribution is 2.48. The van der Waals surface area contributed by atoms with Gasteiger partial charge in [0.25, 0.3) is 0 Å². The molecule has 0 aromatic carbocycles. The number of fused-ring (bicyclic) bond motifs is 2. The van der Waals surface area contributed by atoms with Gasteiger partial charge in [0.2, 0.25) is 5.91 Å². The van der Waals surface area contributed by atoms with E-state index in [0.29, 0.717) is 0 Å². The van der Waals surface area contributed by atoms with Crippen LogP contribution >= 0.6 is 0 Å². The number of carboxylic acid groups (broad SMARTS) is 1. The smallest absolute Gasteiger partial charge is 0.307 e. The summed E-state index contributed by atoms with van der Waals surface area (Å²) in [7, 11) is 0. The summed E-state index contributed by atoms with van der Waals surface area (Å²) in [5.41, 5.74) is 0. The average molecular weight is 263 g/mol. The second-order valence-electron chi connectivity index (χ2n) is 6.08. The van der Waals surface area contributed by atoms with Gasteiger partial charge in [-0.05, 0) is 31.1 Å². The number of hydrogen-bond donors (Lipinski definition) is 1. The first-order chi connectivity index (χ1) is 9.18. The first-order valence-electron chi connectivity index (χ1n) is 7.38. The third-order valence-electron chi connectivity index (χ3n) is 4.95. The zero-order valence-electron chi connectivity index (χ0n) is 11.1. The minimum absolute atomic E-state index is 0.0726. The zero-order valence-corrected chi connectivity index (χ0v) is 11.1. The van der Waals surface area contributed by atoms with E-state index in [4.69, 9.17) is 0 Å². The summed E-state index contributed by atoms with van der Waals surface area (Å²) in [6.45, 7) is 1.62. The minimum Gasteiger partial charge on any atom is -0.481 e. The lowest BCUT2D eigenvalue weighted by atomic mass is 9.82. The Bertz CT molecular complexity index is 410. The lowest BCUT2D eigenvalue weighted by Crippen LogP contribution is -2.43. The van der Waals surface area contributed by atoms with Gasteiger partial charge in [-0.1, -0.05) is 25.0 Å². The Morgan fingerprint density at radius 3 is 2.11 bits per heavy atom. The van der Waals surface area contributed by atoms with Crippen molar-refractivity contribution in [2.24, 2.45) is 23.7 Å². The second-order valence-corrected chi connectivity index (χ2v) is 6.08. The van der Waals surface area contributed by atoms with Crippen molar-refractivity contribution in [3.8, 4) is 0 Å². The van der Waals surface area contributed by atoms with Crippen molar-refractivity contribution in [1.29, 1.82) is 0 Å². The lowest BCUT2D eigenvalue weighted by Gasteiger charge is -2.30. The normalized spacial score (nSPS) is 37.4. The van der Waals surface area contributed by atoms with Gasteiger partial charge in [0.05, 0.1) is 11.8 Å². The summed E-state index contributed by atoms with van der Waals surface area (Å²) >= 11 is 0.